The average Bonchev–Trinajstić information content (AvgIpc) is 2.33. The van der Waals surface area contributed by atoms with Crippen molar-refractivity contribution in [3.05, 3.63) is 29.3 Å². The lowest BCUT2D eigenvalue weighted by Crippen LogP contribution is -2.35. The van der Waals surface area contributed by atoms with Crippen LogP contribution in [0.5, 0.6) is 0 Å². The number of hydrogen-bond donors (Lipinski definition) is 2. The van der Waals surface area contributed by atoms with Gasteiger partial charge in [0.05, 0.1) is 0 Å². The highest BCUT2D eigenvalue weighted by Gasteiger charge is 2.25. The normalized spacial score (nSPS) is 18.4. The zero-order valence-corrected chi connectivity index (χ0v) is 10.9. The van der Waals surface area contributed by atoms with Crippen LogP contribution in [-0.4, -0.2) is 24.7 Å². The van der Waals surface area contributed by atoms with Crippen molar-refractivity contribution in [2.45, 2.75) is 31.7 Å². The number of carbonyl (C=O) groups is 1. The molecule has 1 amide bonds. The van der Waals surface area contributed by atoms with Crippen LogP contribution in [0.2, 0.25) is 0 Å². The molecule has 4 heteroatoms. The number of rotatable bonds is 3. The molecular formula is C14H20N2O2. The maximum atomic E-state index is 11.6. The van der Waals surface area contributed by atoms with E-state index >= 15 is 0 Å². The summed E-state index contributed by atoms with van der Waals surface area (Å²) in [7, 11) is 1.80. The summed E-state index contributed by atoms with van der Waals surface area (Å²) in [6, 6.07) is 5.96. The number of nitrogens with zero attached hydrogens (tertiary/aromatic N) is 1. The number of fused-ring (bicyclic) bond motifs is 1. The lowest BCUT2D eigenvalue weighted by molar-refractivity contribution is -0.118. The number of benzene rings is 1. The summed E-state index contributed by atoms with van der Waals surface area (Å²) in [5.41, 5.74) is 8.82. The molecule has 0 fully saturated rings. The van der Waals surface area contributed by atoms with E-state index in [1.54, 1.807) is 11.9 Å². The van der Waals surface area contributed by atoms with Crippen molar-refractivity contribution < 1.29 is 9.90 Å². The monoisotopic (exact) mass is 248 g/mol. The van der Waals surface area contributed by atoms with Gasteiger partial charge < -0.3 is 15.7 Å². The maximum absolute atomic E-state index is 11.6. The number of anilines is 1. The lowest BCUT2D eigenvalue weighted by atomic mass is 9.87. The second-order valence-electron chi connectivity index (χ2n) is 5.19. The van der Waals surface area contributed by atoms with Crippen molar-refractivity contribution in [2.75, 3.05) is 18.6 Å². The predicted molar refractivity (Wildman–Crippen MR) is 71.4 cm³/mol. The van der Waals surface area contributed by atoms with E-state index in [0.717, 1.165) is 23.2 Å². The Kier molecular flexibility index (Phi) is 3.41. The molecule has 0 saturated carbocycles. The number of hydrogen-bond acceptors (Lipinski definition) is 3. The van der Waals surface area contributed by atoms with Gasteiger partial charge in [-0.2, -0.15) is 0 Å². The number of amides is 1. The van der Waals surface area contributed by atoms with Crippen molar-refractivity contribution >= 4 is 11.6 Å². The molecule has 1 atom stereocenters. The van der Waals surface area contributed by atoms with Gasteiger partial charge in [0.25, 0.3) is 0 Å². The molecule has 0 radical (unpaired) electrons. The van der Waals surface area contributed by atoms with E-state index in [4.69, 9.17) is 10.8 Å². The third-order valence-corrected chi connectivity index (χ3v) is 3.71. The number of carbonyl (C=O) groups excluding carboxylic acids is 1. The minimum atomic E-state index is -0.524. The highest BCUT2D eigenvalue weighted by molar-refractivity contribution is 5.95. The molecule has 98 valence electrons. The number of aryl methyl sites for hydroxylation is 1. The van der Waals surface area contributed by atoms with Gasteiger partial charge in [-0.1, -0.05) is 12.1 Å². The Morgan fingerprint density at radius 2 is 2.17 bits per heavy atom. The Hall–Kier alpha value is -1.39. The molecule has 1 heterocycles. The van der Waals surface area contributed by atoms with Gasteiger partial charge in [0.2, 0.25) is 5.91 Å². The minimum absolute atomic E-state index is 0.0719. The number of aliphatic hydroxyl groups is 1. The molecule has 1 aliphatic rings. The first-order valence-electron chi connectivity index (χ1n) is 6.25. The van der Waals surface area contributed by atoms with Gasteiger partial charge in [-0.05, 0) is 37.0 Å². The topological polar surface area (TPSA) is 66.6 Å². The van der Waals surface area contributed by atoms with Crippen LogP contribution in [0.15, 0.2) is 18.2 Å². The molecule has 1 unspecified atom stereocenters. The molecule has 0 spiro atoms. The first kappa shape index (κ1) is 13.1. The third-order valence-electron chi connectivity index (χ3n) is 3.71. The van der Waals surface area contributed by atoms with Gasteiger partial charge in [0, 0.05) is 31.3 Å². The van der Waals surface area contributed by atoms with Gasteiger partial charge in [-0.15, -0.1) is 0 Å². The second-order valence-corrected chi connectivity index (χ2v) is 5.19. The molecular weight excluding hydrogens is 228 g/mol. The van der Waals surface area contributed by atoms with Crippen LogP contribution in [0.1, 0.15) is 30.9 Å². The van der Waals surface area contributed by atoms with Crippen LogP contribution in [-0.2, 0) is 16.8 Å². The number of nitrogens with two attached hydrogens (primary N) is 1. The third kappa shape index (κ3) is 2.26. The molecule has 18 heavy (non-hydrogen) atoms. The minimum Gasteiger partial charge on any atom is -0.396 e. The Morgan fingerprint density at radius 3 is 2.83 bits per heavy atom. The van der Waals surface area contributed by atoms with Crippen LogP contribution in [0.4, 0.5) is 5.69 Å². The van der Waals surface area contributed by atoms with Crippen molar-refractivity contribution in [1.82, 2.24) is 0 Å². The van der Waals surface area contributed by atoms with Gasteiger partial charge in [-0.25, -0.2) is 0 Å². The molecule has 3 N–H and O–H groups in total. The van der Waals surface area contributed by atoms with E-state index in [9.17, 15) is 4.79 Å². The molecule has 1 aromatic rings. The van der Waals surface area contributed by atoms with E-state index in [1.807, 2.05) is 19.1 Å². The highest BCUT2D eigenvalue weighted by Crippen LogP contribution is 2.31. The van der Waals surface area contributed by atoms with Gasteiger partial charge in [0.1, 0.15) is 0 Å². The summed E-state index contributed by atoms with van der Waals surface area (Å²) in [5.74, 6) is 0.154. The molecule has 2 rings (SSSR count). The van der Waals surface area contributed by atoms with Crippen LogP contribution in [0, 0.1) is 0 Å². The van der Waals surface area contributed by atoms with E-state index < -0.39 is 5.54 Å². The highest BCUT2D eigenvalue weighted by atomic mass is 16.3. The van der Waals surface area contributed by atoms with Crippen molar-refractivity contribution in [2.24, 2.45) is 5.73 Å². The summed E-state index contributed by atoms with van der Waals surface area (Å²) in [5, 5.41) is 9.05. The van der Waals surface area contributed by atoms with Crippen LogP contribution in [0.25, 0.3) is 0 Å². The lowest BCUT2D eigenvalue weighted by Gasteiger charge is -2.29. The van der Waals surface area contributed by atoms with Crippen LogP contribution < -0.4 is 10.6 Å². The molecule has 0 bridgehead atoms. The first-order valence-corrected chi connectivity index (χ1v) is 6.25. The van der Waals surface area contributed by atoms with Gasteiger partial charge >= 0.3 is 0 Å². The van der Waals surface area contributed by atoms with E-state index in [1.165, 1.54) is 0 Å². The molecule has 4 nitrogen and oxygen atoms in total. The summed E-state index contributed by atoms with van der Waals surface area (Å²) in [6.07, 6.45) is 1.84. The first-order chi connectivity index (χ1) is 8.45. The molecule has 1 aromatic carbocycles. The molecule has 0 aromatic heterocycles. The fraction of sp³-hybridized carbons (Fsp3) is 0.500. The summed E-state index contributed by atoms with van der Waals surface area (Å²) in [4.78, 5) is 13.3. The van der Waals surface area contributed by atoms with Crippen molar-refractivity contribution in [3.63, 3.8) is 0 Å². The van der Waals surface area contributed by atoms with E-state index in [2.05, 4.69) is 6.07 Å². The predicted octanol–water partition coefficient (Wildman–Crippen LogP) is 1.15. The molecule has 0 aliphatic carbocycles. The maximum Gasteiger partial charge on any atom is 0.227 e. The zero-order valence-electron chi connectivity index (χ0n) is 10.9. The fourth-order valence-electron chi connectivity index (χ4n) is 2.39. The van der Waals surface area contributed by atoms with Crippen LogP contribution in [0.3, 0.4) is 0 Å². The number of aliphatic hydroxyl groups excluding tert-OH is 1. The Labute approximate surface area is 107 Å². The largest absolute Gasteiger partial charge is 0.396 e. The molecule has 1 aliphatic heterocycles. The van der Waals surface area contributed by atoms with Gasteiger partial charge in [-0.3, -0.25) is 4.79 Å². The van der Waals surface area contributed by atoms with Crippen molar-refractivity contribution in [3.8, 4) is 0 Å². The summed E-state index contributed by atoms with van der Waals surface area (Å²) in [6.45, 7) is 1.99. The average molecular weight is 248 g/mol. The quantitative estimate of drug-likeness (QED) is 0.843. The SMILES string of the molecule is CN1C(=O)CCc2cc(C(C)(N)CCO)ccc21. The zero-order chi connectivity index (χ0) is 13.3. The Bertz CT molecular complexity index is 469. The van der Waals surface area contributed by atoms with E-state index in [0.29, 0.717) is 12.8 Å². The van der Waals surface area contributed by atoms with Crippen molar-refractivity contribution in [1.29, 1.82) is 0 Å². The smallest absolute Gasteiger partial charge is 0.227 e. The summed E-state index contributed by atoms with van der Waals surface area (Å²) < 4.78 is 0. The molecule has 0 saturated heterocycles. The second kappa shape index (κ2) is 4.71. The summed E-state index contributed by atoms with van der Waals surface area (Å²) >= 11 is 0. The van der Waals surface area contributed by atoms with Crippen LogP contribution >= 0.6 is 0 Å². The fourth-order valence-corrected chi connectivity index (χ4v) is 2.39. The standard InChI is InChI=1S/C14H20N2O2/c1-14(15,7-8-17)11-4-5-12-10(9-11)3-6-13(18)16(12)2/h4-5,9,17H,3,6-8,15H2,1-2H3. The van der Waals surface area contributed by atoms with E-state index in [-0.39, 0.29) is 12.5 Å². The van der Waals surface area contributed by atoms with Gasteiger partial charge in [0.15, 0.2) is 0 Å². The Morgan fingerprint density at radius 1 is 1.44 bits per heavy atom. The Balaban J connectivity index is 2.36.